The van der Waals surface area contributed by atoms with Gasteiger partial charge in [-0.15, -0.1) is 0 Å². The van der Waals surface area contributed by atoms with Crippen LogP contribution in [0.5, 0.6) is 11.5 Å². The summed E-state index contributed by atoms with van der Waals surface area (Å²) < 4.78 is 11.7. The lowest BCUT2D eigenvalue weighted by molar-refractivity contribution is -0.140. The molecule has 2 aliphatic rings. The highest BCUT2D eigenvalue weighted by molar-refractivity contribution is 5.88. The summed E-state index contributed by atoms with van der Waals surface area (Å²) in [5, 5.41) is 0. The Hall–Kier alpha value is -2.66. The molecule has 1 aliphatic heterocycles. The number of benzene rings is 2. The number of likely N-dealkylation sites (N-methyl/N-ethyl adjacent to an activating group) is 1. The smallest absolute Gasteiger partial charge is 0.313 e. The monoisotopic (exact) mass is 449 g/mol. The first kappa shape index (κ1) is 23.5. The Balaban J connectivity index is 1.91. The highest BCUT2D eigenvalue weighted by Gasteiger charge is 2.42. The molecule has 2 aromatic carbocycles. The molecule has 0 amide bonds. The van der Waals surface area contributed by atoms with Crippen molar-refractivity contribution < 1.29 is 19.1 Å². The predicted octanol–water partition coefficient (Wildman–Crippen LogP) is 6.25. The van der Waals surface area contributed by atoms with Gasteiger partial charge < -0.3 is 9.47 Å². The van der Waals surface area contributed by atoms with E-state index in [1.54, 1.807) is 19.9 Å². The van der Waals surface area contributed by atoms with Crippen molar-refractivity contribution in [1.82, 2.24) is 4.90 Å². The van der Waals surface area contributed by atoms with Crippen LogP contribution in [0.1, 0.15) is 83.2 Å². The van der Waals surface area contributed by atoms with Crippen molar-refractivity contribution in [3.05, 3.63) is 47.0 Å². The zero-order valence-electron chi connectivity index (χ0n) is 20.6. The van der Waals surface area contributed by atoms with Gasteiger partial charge in [-0.3, -0.25) is 14.5 Å². The Morgan fingerprint density at radius 2 is 1.70 bits per heavy atom. The molecule has 33 heavy (non-hydrogen) atoms. The van der Waals surface area contributed by atoms with Crippen LogP contribution in [0.15, 0.2) is 30.3 Å². The van der Waals surface area contributed by atoms with Gasteiger partial charge in [-0.1, -0.05) is 72.2 Å². The minimum absolute atomic E-state index is 0.284. The molecule has 176 valence electrons. The van der Waals surface area contributed by atoms with Gasteiger partial charge in [0.25, 0.3) is 0 Å². The van der Waals surface area contributed by atoms with Crippen LogP contribution in [0, 0.1) is 11.8 Å². The molecular weight excluding hydrogens is 414 g/mol. The molecule has 0 bridgehead atoms. The van der Waals surface area contributed by atoms with E-state index in [0.717, 1.165) is 42.5 Å². The van der Waals surface area contributed by atoms with E-state index in [2.05, 4.69) is 36.9 Å². The van der Waals surface area contributed by atoms with E-state index < -0.39 is 0 Å². The van der Waals surface area contributed by atoms with Crippen molar-refractivity contribution in [2.45, 2.75) is 72.9 Å². The largest absolute Gasteiger partial charge is 0.422 e. The van der Waals surface area contributed by atoms with Crippen molar-refractivity contribution in [3.8, 4) is 22.6 Å². The predicted molar refractivity (Wildman–Crippen MR) is 129 cm³/mol. The van der Waals surface area contributed by atoms with Crippen LogP contribution < -0.4 is 9.47 Å². The summed E-state index contributed by atoms with van der Waals surface area (Å²) in [7, 11) is 0. The molecule has 1 heterocycles. The number of ether oxygens (including phenoxy) is 2. The average Bonchev–Trinajstić information content (AvgIpc) is 3.08. The lowest BCUT2D eigenvalue weighted by Gasteiger charge is -2.33. The quantitative estimate of drug-likeness (QED) is 0.369. The van der Waals surface area contributed by atoms with Crippen LogP contribution in [-0.4, -0.2) is 23.4 Å². The molecule has 0 spiro atoms. The fourth-order valence-corrected chi connectivity index (χ4v) is 5.18. The third kappa shape index (κ3) is 4.08. The van der Waals surface area contributed by atoms with Crippen molar-refractivity contribution >= 4 is 11.9 Å². The normalized spacial score (nSPS) is 18.9. The lowest BCUT2D eigenvalue weighted by atomic mass is 9.81. The number of fused-ring (bicyclic) bond motifs is 2. The molecule has 0 saturated carbocycles. The van der Waals surface area contributed by atoms with Crippen LogP contribution in [0.3, 0.4) is 0 Å². The molecular formula is C28H35NO4. The summed E-state index contributed by atoms with van der Waals surface area (Å²) in [6.45, 7) is 12.7. The third-order valence-corrected chi connectivity index (χ3v) is 6.81. The van der Waals surface area contributed by atoms with Crippen LogP contribution in [0.25, 0.3) is 11.1 Å². The minimum atomic E-state index is -0.344. The highest BCUT2D eigenvalue weighted by atomic mass is 16.6. The molecule has 4 rings (SSSR count). The molecule has 2 atom stereocenters. The zero-order valence-corrected chi connectivity index (χ0v) is 20.6. The Bertz CT molecular complexity index is 1070. The van der Waals surface area contributed by atoms with Crippen molar-refractivity contribution in [3.63, 3.8) is 0 Å². The van der Waals surface area contributed by atoms with Gasteiger partial charge in [0, 0.05) is 17.6 Å². The molecule has 0 aromatic heterocycles. The summed E-state index contributed by atoms with van der Waals surface area (Å²) in [6.07, 6.45) is 3.08. The van der Waals surface area contributed by atoms with Crippen LogP contribution in [-0.2, 0) is 16.0 Å². The lowest BCUT2D eigenvalue weighted by Crippen LogP contribution is -2.29. The van der Waals surface area contributed by atoms with Gasteiger partial charge in [0.2, 0.25) is 0 Å². The first-order chi connectivity index (χ1) is 15.8. The topological polar surface area (TPSA) is 55.8 Å². The maximum Gasteiger partial charge on any atom is 0.313 e. The standard InChI is InChI=1S/C28H35NO4/c1-7-10-21-19-11-9-12-20-24-18(15-22(25(19)20)29(21)8-2)13-14-23(32-27(30)16(3)4)26(24)33-28(31)17(5)6/h9,11-14,16-17,21-22H,7-8,10,15H2,1-6H3/t21-,22+/m0/s1. The summed E-state index contributed by atoms with van der Waals surface area (Å²) in [5.41, 5.74) is 5.80. The zero-order chi connectivity index (χ0) is 23.9. The second kappa shape index (κ2) is 9.30. The van der Waals surface area contributed by atoms with E-state index in [4.69, 9.17) is 9.47 Å². The fourth-order valence-electron chi connectivity index (χ4n) is 5.18. The Kier molecular flexibility index (Phi) is 6.62. The SMILES string of the molecule is CCC[C@H]1c2cccc3c2[C@@H](Cc2ccc(OC(=O)C(C)C)c(OC(=O)C(C)C)c2-3)N1CC. The van der Waals surface area contributed by atoms with Gasteiger partial charge in [-0.2, -0.15) is 0 Å². The van der Waals surface area contributed by atoms with E-state index in [1.807, 2.05) is 19.9 Å². The summed E-state index contributed by atoms with van der Waals surface area (Å²) in [5.74, 6) is -0.574. The molecule has 5 heteroatoms. The number of carbonyl (C=O) groups excluding carboxylic acids is 2. The maximum atomic E-state index is 12.7. The van der Waals surface area contributed by atoms with Gasteiger partial charge in [-0.25, -0.2) is 0 Å². The van der Waals surface area contributed by atoms with E-state index >= 15 is 0 Å². The van der Waals surface area contributed by atoms with Crippen molar-refractivity contribution in [1.29, 1.82) is 0 Å². The molecule has 1 aliphatic carbocycles. The fraction of sp³-hybridized carbons (Fsp3) is 0.500. The van der Waals surface area contributed by atoms with E-state index in [1.165, 1.54) is 11.1 Å². The summed E-state index contributed by atoms with van der Waals surface area (Å²) in [6, 6.07) is 11.0. The first-order valence-electron chi connectivity index (χ1n) is 12.3. The Morgan fingerprint density at radius 3 is 2.33 bits per heavy atom. The first-order valence-corrected chi connectivity index (χ1v) is 12.3. The molecule has 0 fully saturated rings. The van der Waals surface area contributed by atoms with Crippen molar-refractivity contribution in [2.75, 3.05) is 6.54 Å². The maximum absolute atomic E-state index is 12.7. The number of carbonyl (C=O) groups is 2. The van der Waals surface area contributed by atoms with Gasteiger partial charge in [0.15, 0.2) is 11.5 Å². The number of hydrogen-bond acceptors (Lipinski definition) is 5. The second-order valence-electron chi connectivity index (χ2n) is 9.74. The van der Waals surface area contributed by atoms with E-state index in [9.17, 15) is 9.59 Å². The number of nitrogens with zero attached hydrogens (tertiary/aromatic N) is 1. The summed E-state index contributed by atoms with van der Waals surface area (Å²) in [4.78, 5) is 27.7. The number of esters is 2. The van der Waals surface area contributed by atoms with Crippen molar-refractivity contribution in [2.24, 2.45) is 11.8 Å². The highest BCUT2D eigenvalue weighted by Crippen LogP contribution is 2.56. The number of hydrogen-bond donors (Lipinski definition) is 0. The van der Waals surface area contributed by atoms with Gasteiger partial charge in [-0.05, 0) is 47.7 Å². The molecule has 0 unspecified atom stereocenters. The average molecular weight is 450 g/mol. The molecule has 0 N–H and O–H groups in total. The second-order valence-corrected chi connectivity index (χ2v) is 9.74. The van der Waals surface area contributed by atoms with E-state index in [-0.39, 0.29) is 23.8 Å². The van der Waals surface area contributed by atoms with Gasteiger partial charge in [0.05, 0.1) is 11.8 Å². The molecule has 0 saturated heterocycles. The van der Waals surface area contributed by atoms with Crippen LogP contribution in [0.2, 0.25) is 0 Å². The third-order valence-electron chi connectivity index (χ3n) is 6.81. The molecule has 2 aromatic rings. The van der Waals surface area contributed by atoms with Gasteiger partial charge in [0.1, 0.15) is 0 Å². The molecule has 5 nitrogen and oxygen atoms in total. The Morgan fingerprint density at radius 1 is 1.00 bits per heavy atom. The minimum Gasteiger partial charge on any atom is -0.422 e. The van der Waals surface area contributed by atoms with Gasteiger partial charge >= 0.3 is 11.9 Å². The Labute approximate surface area is 197 Å². The van der Waals surface area contributed by atoms with Crippen LogP contribution in [0.4, 0.5) is 0 Å². The number of rotatable bonds is 7. The van der Waals surface area contributed by atoms with E-state index in [0.29, 0.717) is 23.6 Å². The van der Waals surface area contributed by atoms with Crippen LogP contribution >= 0.6 is 0 Å². The molecule has 0 radical (unpaired) electrons. The summed E-state index contributed by atoms with van der Waals surface area (Å²) >= 11 is 0.